The highest BCUT2D eigenvalue weighted by atomic mass is 16.6. The van der Waals surface area contributed by atoms with Crippen LogP contribution in [0.2, 0.25) is 0 Å². The Morgan fingerprint density at radius 1 is 1.28 bits per heavy atom. The second kappa shape index (κ2) is 11.1. The first-order valence-electron chi connectivity index (χ1n) is 12.7. The van der Waals surface area contributed by atoms with Crippen molar-refractivity contribution in [3.63, 3.8) is 0 Å². The molecule has 3 amide bonds. The average molecular weight is 536 g/mol. The fraction of sp³-hybridized carbons (Fsp3) is 0.462. The van der Waals surface area contributed by atoms with Crippen molar-refractivity contribution in [3.05, 3.63) is 34.5 Å². The van der Waals surface area contributed by atoms with E-state index in [0.29, 0.717) is 42.7 Å². The molecule has 1 saturated heterocycles. The first-order valence-corrected chi connectivity index (χ1v) is 12.7. The van der Waals surface area contributed by atoms with Gasteiger partial charge in [-0.1, -0.05) is 0 Å². The molecule has 3 aliphatic rings. The largest absolute Gasteiger partial charge is 0.480 e. The van der Waals surface area contributed by atoms with E-state index in [4.69, 9.17) is 14.2 Å². The van der Waals surface area contributed by atoms with Crippen LogP contribution in [0.15, 0.2) is 12.1 Å². The number of fused-ring (bicyclic) bond motifs is 2. The number of amides is 3. The first kappa shape index (κ1) is 26.2. The Kier molecular flexibility index (Phi) is 7.47. The molecular weight excluding hydrogens is 506 g/mol. The van der Waals surface area contributed by atoms with Crippen molar-refractivity contribution in [3.8, 4) is 17.7 Å². The molecule has 3 N–H and O–H groups in total. The molecule has 0 saturated carbocycles. The number of carbonyl (C=O) groups is 3. The van der Waals surface area contributed by atoms with Crippen LogP contribution in [0.3, 0.4) is 0 Å². The predicted molar refractivity (Wildman–Crippen MR) is 138 cm³/mol. The Labute approximate surface area is 224 Å². The van der Waals surface area contributed by atoms with Crippen molar-refractivity contribution in [2.45, 2.75) is 32.3 Å². The van der Waals surface area contributed by atoms with Gasteiger partial charge in [-0.15, -0.1) is 0 Å². The Hall–Kier alpha value is -4.44. The van der Waals surface area contributed by atoms with Gasteiger partial charge in [-0.2, -0.15) is 5.26 Å². The fourth-order valence-corrected chi connectivity index (χ4v) is 5.01. The average Bonchev–Trinajstić information content (AvgIpc) is 3.53. The number of pyridine rings is 2. The lowest BCUT2D eigenvalue weighted by molar-refractivity contribution is -0.122. The molecule has 0 spiro atoms. The number of cyclic esters (lactones) is 1. The van der Waals surface area contributed by atoms with Gasteiger partial charge in [0.1, 0.15) is 23.7 Å². The van der Waals surface area contributed by atoms with Crippen LogP contribution in [0.25, 0.3) is 0 Å². The van der Waals surface area contributed by atoms with E-state index in [9.17, 15) is 19.6 Å². The monoisotopic (exact) mass is 535 g/mol. The predicted octanol–water partition coefficient (Wildman–Crippen LogP) is 0.832. The lowest BCUT2D eigenvalue weighted by atomic mass is 10.0. The van der Waals surface area contributed by atoms with E-state index in [-0.39, 0.29) is 42.9 Å². The van der Waals surface area contributed by atoms with Crippen LogP contribution in [-0.2, 0) is 27.2 Å². The summed E-state index contributed by atoms with van der Waals surface area (Å²) in [7, 11) is 1.53. The molecule has 2 aliphatic heterocycles. The third-order valence-electron chi connectivity index (χ3n) is 7.03. The number of anilines is 2. The van der Waals surface area contributed by atoms with Crippen LogP contribution >= 0.6 is 0 Å². The number of nitrogens with one attached hydrogen (secondary N) is 3. The van der Waals surface area contributed by atoms with Crippen LogP contribution in [0.5, 0.6) is 11.6 Å². The van der Waals surface area contributed by atoms with E-state index >= 15 is 0 Å². The molecule has 2 aromatic heterocycles. The normalized spacial score (nSPS) is 19.4. The van der Waals surface area contributed by atoms with Gasteiger partial charge in [-0.3, -0.25) is 14.5 Å². The maximum absolute atomic E-state index is 12.5. The second-order valence-corrected chi connectivity index (χ2v) is 9.66. The molecule has 2 aromatic rings. The van der Waals surface area contributed by atoms with Gasteiger partial charge >= 0.3 is 6.09 Å². The summed E-state index contributed by atoms with van der Waals surface area (Å²) in [5.74, 6) is 1.17. The van der Waals surface area contributed by atoms with E-state index in [1.54, 1.807) is 12.1 Å². The summed E-state index contributed by atoms with van der Waals surface area (Å²) in [6.45, 7) is 3.40. The number of nitrogens with zero attached hydrogens (tertiary/aromatic N) is 4. The smallest absolute Gasteiger partial charge is 0.415 e. The zero-order chi connectivity index (χ0) is 27.5. The molecule has 1 fully saturated rings. The van der Waals surface area contributed by atoms with E-state index in [2.05, 4.69) is 32.0 Å². The topological polar surface area (TPSA) is 168 Å². The van der Waals surface area contributed by atoms with Crippen LogP contribution in [-0.4, -0.2) is 73.9 Å². The number of rotatable bonds is 9. The summed E-state index contributed by atoms with van der Waals surface area (Å²) in [5, 5.41) is 18.2. The maximum atomic E-state index is 12.5. The number of ether oxygens (including phenoxy) is 3. The van der Waals surface area contributed by atoms with E-state index in [1.165, 1.54) is 11.9 Å². The number of nitriles is 1. The number of aromatic nitrogens is 2. The molecular formula is C26H29N7O6. The molecule has 2 atom stereocenters. The molecule has 5 rings (SSSR count). The van der Waals surface area contributed by atoms with Crippen LogP contribution in [0, 0.1) is 24.2 Å². The lowest BCUT2D eigenvalue weighted by Crippen LogP contribution is -2.30. The van der Waals surface area contributed by atoms with Crippen LogP contribution < -0.4 is 30.3 Å². The number of likely N-dealkylation sites (N-methyl/N-ethyl adjacent to an activating group) is 1. The molecule has 0 radical (unpaired) electrons. The van der Waals surface area contributed by atoms with Crippen molar-refractivity contribution in [2.75, 3.05) is 50.1 Å². The van der Waals surface area contributed by atoms with Gasteiger partial charge in [0.25, 0.3) is 11.8 Å². The number of carbonyl (C=O) groups excluding carboxylic acids is 3. The highest BCUT2D eigenvalue weighted by Gasteiger charge is 2.34. The quantitative estimate of drug-likeness (QED) is 0.391. The molecule has 13 nitrogen and oxygen atoms in total. The fourth-order valence-electron chi connectivity index (χ4n) is 5.01. The molecule has 204 valence electrons. The summed E-state index contributed by atoms with van der Waals surface area (Å²) >= 11 is 0. The summed E-state index contributed by atoms with van der Waals surface area (Å²) in [6, 6.07) is 5.50. The van der Waals surface area contributed by atoms with E-state index in [0.717, 1.165) is 36.1 Å². The minimum Gasteiger partial charge on any atom is -0.480 e. The molecule has 0 aromatic carbocycles. The number of hydrogen-bond donors (Lipinski definition) is 3. The lowest BCUT2D eigenvalue weighted by Gasteiger charge is -2.19. The summed E-state index contributed by atoms with van der Waals surface area (Å²) < 4.78 is 16.4. The molecule has 2 unspecified atom stereocenters. The minimum atomic E-state index is -0.483. The zero-order valence-corrected chi connectivity index (χ0v) is 21.7. The third kappa shape index (κ3) is 5.56. The molecule has 13 heteroatoms. The van der Waals surface area contributed by atoms with Crippen LogP contribution in [0.4, 0.5) is 16.4 Å². The highest BCUT2D eigenvalue weighted by Crippen LogP contribution is 2.35. The minimum absolute atomic E-state index is 0.0631. The van der Waals surface area contributed by atoms with Gasteiger partial charge < -0.3 is 30.2 Å². The van der Waals surface area contributed by atoms with Gasteiger partial charge in [-0.05, 0) is 68.5 Å². The van der Waals surface area contributed by atoms with Gasteiger partial charge in [0.2, 0.25) is 5.88 Å². The van der Waals surface area contributed by atoms with E-state index in [1.807, 2.05) is 6.92 Å². The molecule has 39 heavy (non-hydrogen) atoms. The Morgan fingerprint density at radius 2 is 2.10 bits per heavy atom. The summed E-state index contributed by atoms with van der Waals surface area (Å²) in [5.41, 5.74) is 3.19. The summed E-state index contributed by atoms with van der Waals surface area (Å²) in [6.07, 6.45) is 1.34. The summed E-state index contributed by atoms with van der Waals surface area (Å²) in [4.78, 5) is 45.7. The van der Waals surface area contributed by atoms with Gasteiger partial charge in [0.15, 0.2) is 24.8 Å². The third-order valence-corrected chi connectivity index (χ3v) is 7.03. The first-order chi connectivity index (χ1) is 18.9. The van der Waals surface area contributed by atoms with E-state index < -0.39 is 6.09 Å². The zero-order valence-electron chi connectivity index (χ0n) is 21.7. The maximum Gasteiger partial charge on any atom is 0.415 e. The van der Waals surface area contributed by atoms with Gasteiger partial charge in [0.05, 0.1) is 6.54 Å². The van der Waals surface area contributed by atoms with Gasteiger partial charge in [-0.25, -0.2) is 14.8 Å². The second-order valence-electron chi connectivity index (χ2n) is 9.66. The van der Waals surface area contributed by atoms with Crippen molar-refractivity contribution >= 4 is 29.5 Å². The molecule has 0 bridgehead atoms. The van der Waals surface area contributed by atoms with Crippen molar-refractivity contribution in [1.82, 2.24) is 20.6 Å². The SMILES string of the molecule is CNC(=O)COc1nc(C#N)c2c(c1C)CC(CNCCC1CN(c3ccc4c(n3)NC(=O)CO4)C(=O)O1)C2. The van der Waals surface area contributed by atoms with Crippen molar-refractivity contribution in [1.29, 1.82) is 5.26 Å². The standard InChI is InChI=1S/C26H29N7O6/c1-14-17-7-15(8-18(17)19(9-27)30-25(14)38-12-22(34)28-2)10-29-6-5-16-11-33(26(36)39-16)21-4-3-20-24(31-21)32-23(35)13-37-20/h3-4,15-16,29H,5-8,10-13H2,1-2H3,(H,28,34)(H,31,32,35). The Balaban J connectivity index is 1.12. The number of hydrogen-bond acceptors (Lipinski definition) is 10. The Bertz CT molecular complexity index is 1360. The Morgan fingerprint density at radius 3 is 2.90 bits per heavy atom. The van der Waals surface area contributed by atoms with Crippen LogP contribution in [0.1, 0.15) is 28.8 Å². The highest BCUT2D eigenvalue weighted by molar-refractivity contribution is 5.95. The molecule has 1 aliphatic carbocycles. The van der Waals surface area contributed by atoms with Crippen molar-refractivity contribution in [2.24, 2.45) is 5.92 Å². The molecule has 4 heterocycles. The van der Waals surface area contributed by atoms with Gasteiger partial charge in [0, 0.05) is 12.6 Å². The van der Waals surface area contributed by atoms with Crippen molar-refractivity contribution < 1.29 is 28.6 Å².